The second-order valence-electron chi connectivity index (χ2n) is 6.61. The molecule has 3 aromatic carbocycles. The van der Waals surface area contributed by atoms with E-state index in [0.717, 1.165) is 32.3 Å². The van der Waals surface area contributed by atoms with E-state index in [2.05, 4.69) is 4.85 Å². The van der Waals surface area contributed by atoms with Gasteiger partial charge in [0.2, 0.25) is 0 Å². The van der Waals surface area contributed by atoms with Gasteiger partial charge in [-0.3, -0.25) is 0 Å². The summed E-state index contributed by atoms with van der Waals surface area (Å²) < 4.78 is 11.6. The Morgan fingerprint density at radius 1 is 0.767 bits per heavy atom. The Kier molecular flexibility index (Phi) is 3.56. The highest BCUT2D eigenvalue weighted by atomic mass is 16.3. The predicted molar refractivity (Wildman–Crippen MR) is 111 cm³/mol. The minimum atomic E-state index is -0.103. The van der Waals surface area contributed by atoms with Gasteiger partial charge >= 0.3 is 5.70 Å². The van der Waals surface area contributed by atoms with Crippen molar-refractivity contribution in [2.75, 3.05) is 0 Å². The molecule has 30 heavy (non-hydrogen) atoms. The summed E-state index contributed by atoms with van der Waals surface area (Å²) in [5.74, 6) is 0. The number of fused-ring (bicyclic) bond motifs is 7. The van der Waals surface area contributed by atoms with Gasteiger partial charge in [0.1, 0.15) is 28.7 Å². The van der Waals surface area contributed by atoms with Crippen LogP contribution in [0.5, 0.6) is 0 Å². The van der Waals surface area contributed by atoms with Crippen LogP contribution < -0.4 is 10.8 Å². The van der Waals surface area contributed by atoms with Crippen LogP contribution in [0.15, 0.2) is 57.4 Å². The predicted octanol–water partition coefficient (Wildman–Crippen LogP) is 4.23. The SMILES string of the molecule is [C-]#[N+]/C(C#N)=c1/cc2c(ccc3ccc4c(ccc5cc(=C(C#N)C#N)oc54)c32)o1. The topological polar surface area (TPSA) is 102 Å². The molecule has 2 heterocycles. The number of nitrogens with zero attached hydrogens (tertiary/aromatic N) is 4. The molecule has 0 radical (unpaired) electrons. The zero-order valence-electron chi connectivity index (χ0n) is 15.2. The van der Waals surface area contributed by atoms with Crippen LogP contribution in [0.25, 0.3) is 59.6 Å². The lowest BCUT2D eigenvalue weighted by Gasteiger charge is -2.05. The van der Waals surface area contributed by atoms with Crippen LogP contribution in [0.3, 0.4) is 0 Å². The maximum atomic E-state index is 9.17. The van der Waals surface area contributed by atoms with Crippen molar-refractivity contribution in [3.8, 4) is 18.2 Å². The van der Waals surface area contributed by atoms with Gasteiger partial charge < -0.3 is 8.83 Å². The van der Waals surface area contributed by atoms with Gasteiger partial charge in [-0.25, -0.2) is 10.1 Å². The molecular weight excluding hydrogens is 376 g/mol. The van der Waals surface area contributed by atoms with Crippen LogP contribution in [-0.2, 0) is 0 Å². The van der Waals surface area contributed by atoms with Crippen LogP contribution in [0.2, 0.25) is 0 Å². The lowest BCUT2D eigenvalue weighted by atomic mass is 9.98. The molecule has 0 spiro atoms. The van der Waals surface area contributed by atoms with Gasteiger partial charge in [0.05, 0.1) is 12.6 Å². The fraction of sp³-hybridized carbons (Fsp3) is 0. The quantitative estimate of drug-likeness (QED) is 0.294. The van der Waals surface area contributed by atoms with Crippen molar-refractivity contribution in [3.05, 3.63) is 70.8 Å². The zero-order valence-corrected chi connectivity index (χ0v) is 15.2. The lowest BCUT2D eigenvalue weighted by molar-refractivity contribution is 0.577. The molecule has 0 fully saturated rings. The highest BCUT2D eigenvalue weighted by molar-refractivity contribution is 6.23. The third-order valence-corrected chi connectivity index (χ3v) is 5.08. The van der Waals surface area contributed by atoms with E-state index < -0.39 is 0 Å². The molecule has 5 aromatic rings. The molecule has 6 nitrogen and oxygen atoms in total. The van der Waals surface area contributed by atoms with Gasteiger partial charge in [0.15, 0.2) is 11.0 Å². The van der Waals surface area contributed by atoms with Crippen LogP contribution in [-0.4, -0.2) is 0 Å². The Balaban J connectivity index is 1.99. The molecule has 0 unspecified atom stereocenters. The van der Waals surface area contributed by atoms with Crippen molar-refractivity contribution >= 4 is 54.8 Å². The average molecular weight is 384 g/mol. The number of benzene rings is 3. The molecule has 0 atom stereocenters. The Labute approximate surface area is 168 Å². The highest BCUT2D eigenvalue weighted by Gasteiger charge is 2.13. The summed E-state index contributed by atoms with van der Waals surface area (Å²) in [6, 6.07) is 20.4. The van der Waals surface area contributed by atoms with Crippen LogP contribution >= 0.6 is 0 Å². The summed E-state index contributed by atoms with van der Waals surface area (Å²) in [4.78, 5) is 3.23. The van der Waals surface area contributed by atoms with Crippen molar-refractivity contribution in [1.82, 2.24) is 0 Å². The Morgan fingerprint density at radius 2 is 1.50 bits per heavy atom. The van der Waals surface area contributed by atoms with E-state index in [-0.39, 0.29) is 22.1 Å². The van der Waals surface area contributed by atoms with E-state index in [1.165, 1.54) is 0 Å². The molecule has 0 aliphatic rings. The summed E-state index contributed by atoms with van der Waals surface area (Å²) in [6.07, 6.45) is 0. The summed E-state index contributed by atoms with van der Waals surface area (Å²) in [6.45, 7) is 7.17. The minimum Gasteiger partial charge on any atom is -0.467 e. The molecule has 5 rings (SSSR count). The summed E-state index contributed by atoms with van der Waals surface area (Å²) >= 11 is 0. The number of furan rings is 2. The van der Waals surface area contributed by atoms with Crippen molar-refractivity contribution in [2.45, 2.75) is 0 Å². The molecule has 0 saturated carbocycles. The van der Waals surface area contributed by atoms with Gasteiger partial charge in [-0.15, -0.1) is 0 Å². The van der Waals surface area contributed by atoms with E-state index >= 15 is 0 Å². The van der Waals surface area contributed by atoms with Gasteiger partial charge in [0.25, 0.3) is 0 Å². The third-order valence-electron chi connectivity index (χ3n) is 5.08. The van der Waals surface area contributed by atoms with Gasteiger partial charge in [0, 0.05) is 21.5 Å². The molecule has 0 N–H and O–H groups in total. The first-order valence-electron chi connectivity index (χ1n) is 8.82. The van der Waals surface area contributed by atoms with Crippen LogP contribution in [0.4, 0.5) is 0 Å². The molecule has 0 amide bonds. The monoisotopic (exact) mass is 384 g/mol. The fourth-order valence-electron chi connectivity index (χ4n) is 3.76. The molecule has 2 aromatic heterocycles. The lowest BCUT2D eigenvalue weighted by Crippen LogP contribution is -1.97. The van der Waals surface area contributed by atoms with E-state index in [1.807, 2.05) is 54.6 Å². The van der Waals surface area contributed by atoms with E-state index in [1.54, 1.807) is 12.1 Å². The first-order chi connectivity index (χ1) is 14.7. The summed E-state index contributed by atoms with van der Waals surface area (Å²) in [5.41, 5.74) is 1.44. The van der Waals surface area contributed by atoms with Crippen molar-refractivity contribution in [1.29, 1.82) is 15.8 Å². The van der Waals surface area contributed by atoms with E-state index in [9.17, 15) is 5.26 Å². The number of hydrogen-bond donors (Lipinski definition) is 0. The second kappa shape index (κ2) is 6.25. The minimum absolute atomic E-state index is 0.0827. The average Bonchev–Trinajstić information content (AvgIpc) is 3.39. The normalized spacial score (nSPS) is 11.7. The summed E-state index contributed by atoms with van der Waals surface area (Å²) in [5, 5.41) is 32.6. The van der Waals surface area contributed by atoms with Crippen molar-refractivity contribution in [3.63, 3.8) is 0 Å². The van der Waals surface area contributed by atoms with Crippen LogP contribution in [0.1, 0.15) is 0 Å². The zero-order chi connectivity index (χ0) is 20.8. The maximum absolute atomic E-state index is 9.17. The number of hydrogen-bond acceptors (Lipinski definition) is 5. The third kappa shape index (κ3) is 2.26. The van der Waals surface area contributed by atoms with Gasteiger partial charge in [-0.2, -0.15) is 10.5 Å². The first kappa shape index (κ1) is 17.1. The molecular formula is C24H8N4O2. The molecule has 0 bridgehead atoms. The fourth-order valence-corrected chi connectivity index (χ4v) is 3.76. The number of rotatable bonds is 0. The maximum Gasteiger partial charge on any atom is 0.303 e. The van der Waals surface area contributed by atoms with Gasteiger partial charge in [-0.05, 0) is 35.0 Å². The van der Waals surface area contributed by atoms with E-state index in [0.29, 0.717) is 11.2 Å². The Hall–Kier alpha value is -5.04. The molecule has 0 aliphatic heterocycles. The molecule has 6 heteroatoms. The van der Waals surface area contributed by atoms with Crippen molar-refractivity contribution < 1.29 is 8.83 Å². The molecule has 0 aliphatic carbocycles. The Morgan fingerprint density at radius 3 is 2.23 bits per heavy atom. The van der Waals surface area contributed by atoms with Gasteiger partial charge in [-0.1, -0.05) is 24.3 Å². The molecule has 0 saturated heterocycles. The second-order valence-corrected chi connectivity index (χ2v) is 6.61. The Bertz CT molecular complexity index is 1810. The number of nitriles is 3. The smallest absolute Gasteiger partial charge is 0.303 e. The van der Waals surface area contributed by atoms with E-state index in [4.69, 9.17) is 25.9 Å². The first-order valence-corrected chi connectivity index (χ1v) is 8.82. The van der Waals surface area contributed by atoms with Crippen molar-refractivity contribution in [2.24, 2.45) is 0 Å². The highest BCUT2D eigenvalue weighted by Crippen LogP contribution is 2.35. The largest absolute Gasteiger partial charge is 0.467 e. The van der Waals surface area contributed by atoms with Crippen LogP contribution in [0, 0.1) is 40.6 Å². The summed E-state index contributed by atoms with van der Waals surface area (Å²) in [7, 11) is 0. The molecule has 136 valence electrons. The standard InChI is InChI=1S/C24H8N4O2/c1-28-19(12-27)22-9-18-20(29-22)7-4-13-2-6-17-16(23(13)18)5-3-14-8-21(30-24(14)17)15(10-25)11-26/h2-9H/b22-19-.